The van der Waals surface area contributed by atoms with Gasteiger partial charge in [-0.1, -0.05) is 42.3 Å². The van der Waals surface area contributed by atoms with Crippen molar-refractivity contribution >= 4 is 37.7 Å². The molecule has 3 rings (SSSR count). The summed E-state index contributed by atoms with van der Waals surface area (Å²) in [5, 5.41) is 3.69. The Bertz CT molecular complexity index is 1200. The standard InChI is InChI=1S/C23H29N3O5S2/c1-19-8-10-20(11-9-19)13-17-32(28,29)24-14-12-23(27)25-21-6-5-7-22(18-21)33(30,31)26-15-3-2-4-16-26/h5-11,13,17-18,24H,2-4,12,14-16H2,1H3,(H,25,27). The van der Waals surface area contributed by atoms with Gasteiger partial charge in [-0.3, -0.25) is 4.79 Å². The molecule has 1 aliphatic heterocycles. The maximum absolute atomic E-state index is 12.8. The summed E-state index contributed by atoms with van der Waals surface area (Å²) in [6.45, 7) is 2.85. The Morgan fingerprint density at radius 2 is 1.70 bits per heavy atom. The second-order valence-corrected chi connectivity index (χ2v) is 11.5. The first-order chi connectivity index (χ1) is 15.7. The van der Waals surface area contributed by atoms with Gasteiger partial charge in [0.15, 0.2) is 0 Å². The van der Waals surface area contributed by atoms with Crippen molar-refractivity contribution in [3.8, 4) is 0 Å². The molecule has 33 heavy (non-hydrogen) atoms. The molecule has 8 nitrogen and oxygen atoms in total. The maximum atomic E-state index is 12.8. The molecule has 0 aromatic heterocycles. The van der Waals surface area contributed by atoms with Crippen LogP contribution in [0.1, 0.15) is 36.8 Å². The van der Waals surface area contributed by atoms with Gasteiger partial charge in [-0.2, -0.15) is 4.31 Å². The minimum Gasteiger partial charge on any atom is -0.326 e. The van der Waals surface area contributed by atoms with E-state index in [-0.39, 0.29) is 17.9 Å². The summed E-state index contributed by atoms with van der Waals surface area (Å²) in [6.07, 6.45) is 4.09. The third-order valence-corrected chi connectivity index (χ3v) is 8.24. The number of rotatable bonds is 9. The molecule has 2 N–H and O–H groups in total. The van der Waals surface area contributed by atoms with Crippen molar-refractivity contribution in [1.82, 2.24) is 9.03 Å². The van der Waals surface area contributed by atoms with Crippen LogP contribution in [0.2, 0.25) is 0 Å². The van der Waals surface area contributed by atoms with Gasteiger partial charge in [0.1, 0.15) is 0 Å². The van der Waals surface area contributed by atoms with Crippen molar-refractivity contribution in [3.05, 3.63) is 65.1 Å². The van der Waals surface area contributed by atoms with Gasteiger partial charge in [0.05, 0.1) is 4.90 Å². The third kappa shape index (κ3) is 7.50. The summed E-state index contributed by atoms with van der Waals surface area (Å²) in [5.74, 6) is -0.423. The lowest BCUT2D eigenvalue weighted by molar-refractivity contribution is -0.116. The molecule has 0 saturated carbocycles. The molecule has 0 spiro atoms. The van der Waals surface area contributed by atoms with E-state index in [0.717, 1.165) is 35.8 Å². The van der Waals surface area contributed by atoms with Crippen LogP contribution in [0.5, 0.6) is 0 Å². The number of piperidine rings is 1. The van der Waals surface area contributed by atoms with E-state index in [4.69, 9.17) is 0 Å². The zero-order chi connectivity index (χ0) is 23.9. The molecule has 0 unspecified atom stereocenters. The summed E-state index contributed by atoms with van der Waals surface area (Å²) >= 11 is 0. The number of sulfonamides is 2. The SMILES string of the molecule is Cc1ccc(C=CS(=O)(=O)NCCC(=O)Nc2cccc(S(=O)(=O)N3CCCCC3)c2)cc1. The average molecular weight is 492 g/mol. The van der Waals surface area contributed by atoms with E-state index in [1.807, 2.05) is 31.2 Å². The van der Waals surface area contributed by atoms with Gasteiger partial charge in [0.2, 0.25) is 26.0 Å². The Kier molecular flexibility index (Phi) is 8.41. The second kappa shape index (κ2) is 11.1. The number of carbonyl (C=O) groups is 1. The molecule has 0 atom stereocenters. The average Bonchev–Trinajstić information content (AvgIpc) is 2.79. The molecule has 0 radical (unpaired) electrons. The zero-order valence-corrected chi connectivity index (χ0v) is 20.2. The minimum atomic E-state index is -3.69. The highest BCUT2D eigenvalue weighted by Gasteiger charge is 2.26. The topological polar surface area (TPSA) is 113 Å². The summed E-state index contributed by atoms with van der Waals surface area (Å²) in [6, 6.07) is 13.5. The fourth-order valence-corrected chi connectivity index (χ4v) is 5.80. The Morgan fingerprint density at radius 1 is 1.00 bits per heavy atom. The lowest BCUT2D eigenvalue weighted by Gasteiger charge is -2.26. The normalized spacial score (nSPS) is 15.5. The monoisotopic (exact) mass is 491 g/mol. The third-order valence-electron chi connectivity index (χ3n) is 5.24. The summed E-state index contributed by atoms with van der Waals surface area (Å²) in [4.78, 5) is 12.4. The smallest absolute Gasteiger partial charge is 0.243 e. The van der Waals surface area contributed by atoms with Gasteiger partial charge in [0.25, 0.3) is 0 Å². The second-order valence-electron chi connectivity index (χ2n) is 7.94. The van der Waals surface area contributed by atoms with Crippen molar-refractivity contribution < 1.29 is 21.6 Å². The molecule has 1 aliphatic rings. The number of carbonyl (C=O) groups excluding carboxylic acids is 1. The molecular formula is C23H29N3O5S2. The summed E-state index contributed by atoms with van der Waals surface area (Å²) < 4.78 is 53.7. The van der Waals surface area contributed by atoms with Crippen LogP contribution in [-0.4, -0.2) is 46.7 Å². The molecule has 10 heteroatoms. The van der Waals surface area contributed by atoms with Crippen LogP contribution in [0, 0.1) is 6.92 Å². The van der Waals surface area contributed by atoms with Crippen LogP contribution < -0.4 is 10.0 Å². The number of amides is 1. The van der Waals surface area contributed by atoms with Crippen LogP contribution >= 0.6 is 0 Å². The number of aryl methyl sites for hydroxylation is 1. The molecule has 1 fully saturated rings. The van der Waals surface area contributed by atoms with Crippen molar-refractivity contribution in [2.75, 3.05) is 25.0 Å². The van der Waals surface area contributed by atoms with Gasteiger partial charge in [0, 0.05) is 37.2 Å². The van der Waals surface area contributed by atoms with Crippen molar-refractivity contribution in [2.45, 2.75) is 37.5 Å². The highest BCUT2D eigenvalue weighted by atomic mass is 32.2. The fraction of sp³-hybridized carbons (Fsp3) is 0.348. The van der Waals surface area contributed by atoms with Gasteiger partial charge in [-0.25, -0.2) is 21.6 Å². The van der Waals surface area contributed by atoms with Crippen LogP contribution in [-0.2, 0) is 24.8 Å². The summed E-state index contributed by atoms with van der Waals surface area (Å²) in [5.41, 5.74) is 2.18. The fourth-order valence-electron chi connectivity index (χ4n) is 3.41. The van der Waals surface area contributed by atoms with Gasteiger partial charge < -0.3 is 5.32 Å². The van der Waals surface area contributed by atoms with E-state index in [1.165, 1.54) is 22.5 Å². The molecule has 178 valence electrons. The molecule has 2 aromatic rings. The largest absolute Gasteiger partial charge is 0.326 e. The first-order valence-corrected chi connectivity index (χ1v) is 13.8. The number of nitrogens with zero attached hydrogens (tertiary/aromatic N) is 1. The zero-order valence-electron chi connectivity index (χ0n) is 18.5. The van der Waals surface area contributed by atoms with Crippen LogP contribution in [0.4, 0.5) is 5.69 Å². The van der Waals surface area contributed by atoms with E-state index in [2.05, 4.69) is 10.0 Å². The van der Waals surface area contributed by atoms with Crippen molar-refractivity contribution in [1.29, 1.82) is 0 Å². The molecule has 1 heterocycles. The summed E-state index contributed by atoms with van der Waals surface area (Å²) in [7, 11) is -7.30. The van der Waals surface area contributed by atoms with E-state index in [0.29, 0.717) is 18.8 Å². The maximum Gasteiger partial charge on any atom is 0.243 e. The lowest BCUT2D eigenvalue weighted by Crippen LogP contribution is -2.35. The number of hydrogen-bond donors (Lipinski definition) is 2. The van der Waals surface area contributed by atoms with E-state index in [9.17, 15) is 21.6 Å². The Balaban J connectivity index is 1.52. The highest BCUT2D eigenvalue weighted by Crippen LogP contribution is 2.23. The van der Waals surface area contributed by atoms with E-state index >= 15 is 0 Å². The molecule has 0 aliphatic carbocycles. The van der Waals surface area contributed by atoms with Crippen LogP contribution in [0.25, 0.3) is 6.08 Å². The first-order valence-electron chi connectivity index (χ1n) is 10.8. The van der Waals surface area contributed by atoms with Gasteiger partial charge >= 0.3 is 0 Å². The van der Waals surface area contributed by atoms with Crippen molar-refractivity contribution in [3.63, 3.8) is 0 Å². The Morgan fingerprint density at radius 3 is 2.39 bits per heavy atom. The van der Waals surface area contributed by atoms with E-state index in [1.54, 1.807) is 12.1 Å². The predicted molar refractivity (Wildman–Crippen MR) is 129 cm³/mol. The molecule has 0 bridgehead atoms. The van der Waals surface area contributed by atoms with Crippen LogP contribution in [0.15, 0.2) is 58.8 Å². The van der Waals surface area contributed by atoms with Gasteiger partial charge in [-0.15, -0.1) is 0 Å². The van der Waals surface area contributed by atoms with Gasteiger partial charge in [-0.05, 0) is 49.6 Å². The highest BCUT2D eigenvalue weighted by molar-refractivity contribution is 7.92. The molecule has 2 aromatic carbocycles. The molecule has 1 saturated heterocycles. The number of hydrogen-bond acceptors (Lipinski definition) is 5. The van der Waals surface area contributed by atoms with E-state index < -0.39 is 26.0 Å². The molecule has 1 amide bonds. The van der Waals surface area contributed by atoms with Crippen LogP contribution in [0.3, 0.4) is 0 Å². The Hall–Kier alpha value is -2.53. The number of nitrogens with one attached hydrogen (secondary N) is 2. The molecular weight excluding hydrogens is 462 g/mol. The number of benzene rings is 2. The quantitative estimate of drug-likeness (QED) is 0.560. The first kappa shape index (κ1) is 25.1. The predicted octanol–water partition coefficient (Wildman–Crippen LogP) is 3.09. The lowest BCUT2D eigenvalue weighted by atomic mass is 10.2. The van der Waals surface area contributed by atoms with Crippen molar-refractivity contribution in [2.24, 2.45) is 0 Å². The minimum absolute atomic E-state index is 0.0851. The Labute approximate surface area is 195 Å². The number of anilines is 1.